The first kappa shape index (κ1) is 11.5. The second kappa shape index (κ2) is 4.28. The Morgan fingerprint density at radius 1 is 1.43 bits per heavy atom. The summed E-state index contributed by atoms with van der Waals surface area (Å²) in [4.78, 5) is 13.2. The van der Waals surface area contributed by atoms with Crippen molar-refractivity contribution in [1.29, 1.82) is 0 Å². The quantitative estimate of drug-likeness (QED) is 0.671. The van der Waals surface area contributed by atoms with Gasteiger partial charge in [0, 0.05) is 13.1 Å². The molecular weight excluding hydrogens is 181 g/mol. The summed E-state index contributed by atoms with van der Waals surface area (Å²) in [6.07, 6.45) is 3.22. The Kier molecular flexibility index (Phi) is 3.51. The van der Waals surface area contributed by atoms with Gasteiger partial charge in [0.15, 0.2) is 5.67 Å². The predicted octanol–water partition coefficient (Wildman–Crippen LogP) is 2.38. The monoisotopic (exact) mass is 201 g/mol. The van der Waals surface area contributed by atoms with Crippen LogP contribution in [0.25, 0.3) is 0 Å². The zero-order chi connectivity index (χ0) is 10.8. The van der Waals surface area contributed by atoms with Crippen LogP contribution in [-0.2, 0) is 4.79 Å². The number of amides is 1. The van der Waals surface area contributed by atoms with Gasteiger partial charge in [-0.25, -0.2) is 4.39 Å². The van der Waals surface area contributed by atoms with Crippen LogP contribution in [0.5, 0.6) is 0 Å². The molecule has 0 spiro atoms. The van der Waals surface area contributed by atoms with Crippen molar-refractivity contribution in [2.45, 2.75) is 45.7 Å². The van der Waals surface area contributed by atoms with E-state index in [0.29, 0.717) is 0 Å². The summed E-state index contributed by atoms with van der Waals surface area (Å²) in [7, 11) is 0. The fourth-order valence-corrected chi connectivity index (χ4v) is 1.92. The van der Waals surface area contributed by atoms with Gasteiger partial charge < -0.3 is 4.90 Å². The van der Waals surface area contributed by atoms with Crippen molar-refractivity contribution in [2.24, 2.45) is 5.92 Å². The Balaban J connectivity index is 2.46. The van der Waals surface area contributed by atoms with Crippen LogP contribution in [0.15, 0.2) is 0 Å². The summed E-state index contributed by atoms with van der Waals surface area (Å²) in [5.74, 6) is 0.369. The molecule has 2 nitrogen and oxygen atoms in total. The van der Waals surface area contributed by atoms with Gasteiger partial charge in [0.05, 0.1) is 0 Å². The number of carbonyl (C=O) groups excluding carboxylic acids is 1. The van der Waals surface area contributed by atoms with Gasteiger partial charge in [0.2, 0.25) is 0 Å². The first-order valence-corrected chi connectivity index (χ1v) is 5.43. The van der Waals surface area contributed by atoms with E-state index in [1.807, 2.05) is 0 Å². The Morgan fingerprint density at radius 2 is 1.93 bits per heavy atom. The fourth-order valence-electron chi connectivity index (χ4n) is 1.92. The van der Waals surface area contributed by atoms with E-state index in [-0.39, 0.29) is 5.91 Å². The number of nitrogens with zero attached hydrogens (tertiary/aromatic N) is 1. The Labute approximate surface area is 85.5 Å². The molecule has 0 aliphatic carbocycles. The van der Waals surface area contributed by atoms with Crippen molar-refractivity contribution in [1.82, 2.24) is 4.90 Å². The topological polar surface area (TPSA) is 20.3 Å². The van der Waals surface area contributed by atoms with E-state index in [0.717, 1.165) is 31.8 Å². The van der Waals surface area contributed by atoms with Crippen LogP contribution in [0.3, 0.4) is 0 Å². The Hall–Kier alpha value is -0.600. The smallest absolute Gasteiger partial charge is 0.259 e. The molecule has 1 aliphatic heterocycles. The molecular formula is C11H20FNO. The van der Waals surface area contributed by atoms with Crippen molar-refractivity contribution >= 4 is 5.91 Å². The van der Waals surface area contributed by atoms with E-state index in [4.69, 9.17) is 0 Å². The lowest BCUT2D eigenvalue weighted by molar-refractivity contribution is -0.143. The molecule has 0 N–H and O–H groups in total. The van der Waals surface area contributed by atoms with Crippen molar-refractivity contribution in [3.63, 3.8) is 0 Å². The second-order valence-corrected chi connectivity index (χ2v) is 4.62. The summed E-state index contributed by atoms with van der Waals surface area (Å²) in [5.41, 5.74) is -1.71. The molecule has 0 unspecified atom stereocenters. The van der Waals surface area contributed by atoms with Gasteiger partial charge in [-0.05, 0) is 32.6 Å². The molecule has 0 aromatic carbocycles. The molecule has 82 valence electrons. The standard InChI is InChI=1S/C11H20FNO/c1-4-9-5-7-13(8-6-9)10(14)11(2,3)12/h9H,4-8H2,1-3H3. The number of halogens is 1. The highest BCUT2D eigenvalue weighted by Gasteiger charge is 2.33. The predicted molar refractivity (Wildman–Crippen MR) is 54.8 cm³/mol. The van der Waals surface area contributed by atoms with E-state index >= 15 is 0 Å². The molecule has 0 aromatic heterocycles. The molecule has 0 aromatic rings. The van der Waals surface area contributed by atoms with Crippen molar-refractivity contribution in [3.05, 3.63) is 0 Å². The molecule has 1 amide bonds. The Bertz CT molecular complexity index is 202. The van der Waals surface area contributed by atoms with Crippen molar-refractivity contribution in [3.8, 4) is 0 Å². The molecule has 1 heterocycles. The number of hydrogen-bond donors (Lipinski definition) is 0. The zero-order valence-corrected chi connectivity index (χ0v) is 9.35. The van der Waals surface area contributed by atoms with Crippen molar-refractivity contribution in [2.75, 3.05) is 13.1 Å². The number of hydrogen-bond acceptors (Lipinski definition) is 1. The van der Waals surface area contributed by atoms with E-state index in [1.54, 1.807) is 4.90 Å². The lowest BCUT2D eigenvalue weighted by Gasteiger charge is -2.34. The van der Waals surface area contributed by atoms with Gasteiger partial charge >= 0.3 is 0 Å². The fraction of sp³-hybridized carbons (Fsp3) is 0.909. The Morgan fingerprint density at radius 3 is 2.29 bits per heavy atom. The van der Waals surface area contributed by atoms with Crippen LogP contribution in [-0.4, -0.2) is 29.6 Å². The normalized spacial score (nSPS) is 19.9. The number of carbonyl (C=O) groups is 1. The summed E-state index contributed by atoms with van der Waals surface area (Å²) in [6, 6.07) is 0. The molecule has 1 rings (SSSR count). The van der Waals surface area contributed by atoms with Gasteiger partial charge in [-0.3, -0.25) is 4.79 Å². The summed E-state index contributed by atoms with van der Waals surface area (Å²) in [5, 5.41) is 0. The highest BCUT2D eigenvalue weighted by atomic mass is 19.1. The minimum absolute atomic E-state index is 0.355. The zero-order valence-electron chi connectivity index (χ0n) is 9.35. The number of likely N-dealkylation sites (tertiary alicyclic amines) is 1. The molecule has 1 aliphatic rings. The van der Waals surface area contributed by atoms with Crippen LogP contribution < -0.4 is 0 Å². The van der Waals surface area contributed by atoms with Crippen molar-refractivity contribution < 1.29 is 9.18 Å². The van der Waals surface area contributed by atoms with E-state index in [2.05, 4.69) is 6.92 Å². The van der Waals surface area contributed by atoms with Gasteiger partial charge in [-0.15, -0.1) is 0 Å². The van der Waals surface area contributed by atoms with Crippen LogP contribution in [0.4, 0.5) is 4.39 Å². The maximum Gasteiger partial charge on any atom is 0.259 e. The van der Waals surface area contributed by atoms with E-state index in [1.165, 1.54) is 20.3 Å². The van der Waals surface area contributed by atoms with Crippen LogP contribution in [0, 0.1) is 5.92 Å². The third-order valence-corrected chi connectivity index (χ3v) is 2.99. The molecule has 1 fully saturated rings. The lowest BCUT2D eigenvalue weighted by Crippen LogP contribution is -2.46. The first-order valence-electron chi connectivity index (χ1n) is 5.43. The molecule has 0 bridgehead atoms. The highest BCUT2D eigenvalue weighted by molar-refractivity contribution is 5.84. The number of alkyl halides is 1. The highest BCUT2D eigenvalue weighted by Crippen LogP contribution is 2.23. The maximum absolute atomic E-state index is 13.4. The average Bonchev–Trinajstić information content (AvgIpc) is 2.15. The first-order chi connectivity index (χ1) is 6.45. The lowest BCUT2D eigenvalue weighted by atomic mass is 9.93. The van der Waals surface area contributed by atoms with Crippen LogP contribution in [0.2, 0.25) is 0 Å². The third-order valence-electron chi connectivity index (χ3n) is 2.99. The van der Waals surface area contributed by atoms with E-state index < -0.39 is 5.67 Å². The van der Waals surface area contributed by atoms with E-state index in [9.17, 15) is 9.18 Å². The summed E-state index contributed by atoms with van der Waals surface area (Å²) >= 11 is 0. The van der Waals surface area contributed by atoms with Crippen LogP contribution >= 0.6 is 0 Å². The molecule has 0 atom stereocenters. The average molecular weight is 201 g/mol. The molecule has 3 heteroatoms. The van der Waals surface area contributed by atoms with Gasteiger partial charge in [-0.1, -0.05) is 13.3 Å². The molecule has 1 saturated heterocycles. The SMILES string of the molecule is CCC1CCN(C(=O)C(C)(C)F)CC1. The number of piperidine rings is 1. The largest absolute Gasteiger partial charge is 0.340 e. The van der Waals surface area contributed by atoms with Gasteiger partial charge in [0.1, 0.15) is 0 Å². The third kappa shape index (κ3) is 2.69. The maximum atomic E-state index is 13.4. The number of rotatable bonds is 2. The van der Waals surface area contributed by atoms with Gasteiger partial charge in [-0.2, -0.15) is 0 Å². The second-order valence-electron chi connectivity index (χ2n) is 4.62. The minimum atomic E-state index is -1.71. The minimum Gasteiger partial charge on any atom is -0.340 e. The summed E-state index contributed by atoms with van der Waals surface area (Å²) < 4.78 is 13.4. The summed E-state index contributed by atoms with van der Waals surface area (Å²) in [6.45, 7) is 6.29. The molecule has 14 heavy (non-hydrogen) atoms. The van der Waals surface area contributed by atoms with Crippen LogP contribution in [0.1, 0.15) is 40.0 Å². The van der Waals surface area contributed by atoms with Gasteiger partial charge in [0.25, 0.3) is 5.91 Å². The molecule has 0 saturated carbocycles. The molecule has 0 radical (unpaired) electrons.